The van der Waals surface area contributed by atoms with E-state index in [1.165, 1.54) is 0 Å². The third-order valence-electron chi connectivity index (χ3n) is 3.29. The number of nitrogens with zero attached hydrogens (tertiary/aromatic N) is 2. The average molecular weight is 236 g/mol. The van der Waals surface area contributed by atoms with Gasteiger partial charge in [0, 0.05) is 31.0 Å². The van der Waals surface area contributed by atoms with Crippen LogP contribution in [0.5, 0.6) is 0 Å². The van der Waals surface area contributed by atoms with Crippen molar-refractivity contribution in [2.24, 2.45) is 5.92 Å². The van der Waals surface area contributed by atoms with Crippen molar-refractivity contribution < 1.29 is 4.79 Å². The third-order valence-corrected chi connectivity index (χ3v) is 3.29. The Kier molecular flexibility index (Phi) is 3.78. The summed E-state index contributed by atoms with van der Waals surface area (Å²) in [6.45, 7) is 5.79. The summed E-state index contributed by atoms with van der Waals surface area (Å²) in [4.78, 5) is 16.0. The summed E-state index contributed by atoms with van der Waals surface area (Å²) >= 11 is 0. The molecule has 0 spiro atoms. The van der Waals surface area contributed by atoms with E-state index in [2.05, 4.69) is 22.5 Å². The molecule has 1 saturated heterocycles. The first-order valence-electron chi connectivity index (χ1n) is 6.16. The Morgan fingerprint density at radius 1 is 1.71 bits per heavy atom. The van der Waals surface area contributed by atoms with Gasteiger partial charge in [0.15, 0.2) is 0 Å². The minimum absolute atomic E-state index is 0.111. The molecule has 0 bridgehead atoms. The summed E-state index contributed by atoms with van der Waals surface area (Å²) in [5, 5.41) is 6.36. The smallest absolute Gasteiger partial charge is 0.224 e. The number of nitrogens with one attached hydrogen (secondary N) is 2. The van der Waals surface area contributed by atoms with Crippen molar-refractivity contribution in [2.75, 3.05) is 6.54 Å². The SMILES string of the molecule is CC(Cn1ccnc1)NC(=O)C1CCNC1C. The highest BCUT2D eigenvalue weighted by Crippen LogP contribution is 2.15. The van der Waals surface area contributed by atoms with Gasteiger partial charge >= 0.3 is 0 Å². The van der Waals surface area contributed by atoms with Gasteiger partial charge in [-0.15, -0.1) is 0 Å². The maximum atomic E-state index is 12.0. The lowest BCUT2D eigenvalue weighted by Crippen LogP contribution is -2.42. The molecule has 0 aromatic carbocycles. The topological polar surface area (TPSA) is 59.0 Å². The zero-order valence-electron chi connectivity index (χ0n) is 10.4. The van der Waals surface area contributed by atoms with Gasteiger partial charge in [-0.25, -0.2) is 4.98 Å². The van der Waals surface area contributed by atoms with Crippen molar-refractivity contribution in [3.05, 3.63) is 18.7 Å². The Morgan fingerprint density at radius 3 is 3.12 bits per heavy atom. The van der Waals surface area contributed by atoms with E-state index in [1.54, 1.807) is 12.5 Å². The summed E-state index contributed by atoms with van der Waals surface area (Å²) in [5.74, 6) is 0.273. The molecule has 0 aliphatic carbocycles. The van der Waals surface area contributed by atoms with Gasteiger partial charge in [-0.3, -0.25) is 4.79 Å². The van der Waals surface area contributed by atoms with Crippen LogP contribution in [-0.2, 0) is 11.3 Å². The van der Waals surface area contributed by atoms with Crippen LogP contribution in [-0.4, -0.2) is 34.1 Å². The summed E-state index contributed by atoms with van der Waals surface area (Å²) in [6, 6.07) is 0.417. The van der Waals surface area contributed by atoms with Crippen LogP contribution in [0.15, 0.2) is 18.7 Å². The van der Waals surface area contributed by atoms with Crippen molar-refractivity contribution in [1.29, 1.82) is 0 Å². The lowest BCUT2D eigenvalue weighted by Gasteiger charge is -2.19. The summed E-state index contributed by atoms with van der Waals surface area (Å²) < 4.78 is 1.97. The lowest BCUT2D eigenvalue weighted by atomic mass is 10.0. The first kappa shape index (κ1) is 12.1. The Labute approximate surface area is 102 Å². The van der Waals surface area contributed by atoms with Crippen molar-refractivity contribution in [2.45, 2.75) is 38.9 Å². The van der Waals surface area contributed by atoms with Crippen molar-refractivity contribution in [1.82, 2.24) is 20.2 Å². The number of hydrogen-bond acceptors (Lipinski definition) is 3. The van der Waals surface area contributed by atoms with Gasteiger partial charge in [-0.05, 0) is 26.8 Å². The second-order valence-electron chi connectivity index (χ2n) is 4.81. The molecule has 94 valence electrons. The fourth-order valence-corrected chi connectivity index (χ4v) is 2.32. The number of aromatic nitrogens is 2. The van der Waals surface area contributed by atoms with E-state index in [1.807, 2.05) is 17.7 Å². The minimum Gasteiger partial charge on any atom is -0.352 e. The zero-order valence-corrected chi connectivity index (χ0v) is 10.4. The van der Waals surface area contributed by atoms with Crippen LogP contribution in [0.1, 0.15) is 20.3 Å². The molecule has 3 atom stereocenters. The van der Waals surface area contributed by atoms with Crippen LogP contribution < -0.4 is 10.6 Å². The van der Waals surface area contributed by atoms with E-state index >= 15 is 0 Å². The highest BCUT2D eigenvalue weighted by molar-refractivity contribution is 5.79. The van der Waals surface area contributed by atoms with E-state index in [0.717, 1.165) is 19.5 Å². The summed E-state index contributed by atoms with van der Waals surface area (Å²) in [5.41, 5.74) is 0. The summed E-state index contributed by atoms with van der Waals surface area (Å²) in [6.07, 6.45) is 6.35. The van der Waals surface area contributed by atoms with E-state index in [-0.39, 0.29) is 23.9 Å². The van der Waals surface area contributed by atoms with Crippen LogP contribution in [0.4, 0.5) is 0 Å². The van der Waals surface area contributed by atoms with Crippen LogP contribution >= 0.6 is 0 Å². The van der Waals surface area contributed by atoms with Crippen molar-refractivity contribution >= 4 is 5.91 Å². The van der Waals surface area contributed by atoms with Gasteiger partial charge in [0.05, 0.1) is 12.2 Å². The molecule has 17 heavy (non-hydrogen) atoms. The van der Waals surface area contributed by atoms with Gasteiger partial charge < -0.3 is 15.2 Å². The van der Waals surface area contributed by atoms with Crippen LogP contribution in [0.25, 0.3) is 0 Å². The molecule has 1 aromatic rings. The highest BCUT2D eigenvalue weighted by atomic mass is 16.2. The van der Waals surface area contributed by atoms with Gasteiger partial charge in [0.25, 0.3) is 0 Å². The number of carbonyl (C=O) groups excluding carboxylic acids is 1. The third kappa shape index (κ3) is 3.06. The Morgan fingerprint density at radius 2 is 2.53 bits per heavy atom. The molecule has 0 radical (unpaired) electrons. The molecule has 3 unspecified atom stereocenters. The van der Waals surface area contributed by atoms with Gasteiger partial charge in [0.2, 0.25) is 5.91 Å². The highest BCUT2D eigenvalue weighted by Gasteiger charge is 2.29. The molecule has 1 aliphatic rings. The lowest BCUT2D eigenvalue weighted by molar-refractivity contribution is -0.125. The molecule has 1 amide bonds. The Bertz CT molecular complexity index is 363. The number of amides is 1. The summed E-state index contributed by atoms with van der Waals surface area (Å²) in [7, 11) is 0. The second kappa shape index (κ2) is 5.31. The fraction of sp³-hybridized carbons (Fsp3) is 0.667. The molecule has 2 N–H and O–H groups in total. The fourth-order valence-electron chi connectivity index (χ4n) is 2.32. The number of rotatable bonds is 4. The quantitative estimate of drug-likeness (QED) is 0.795. The number of imidazole rings is 1. The molecule has 2 heterocycles. The monoisotopic (exact) mass is 236 g/mol. The van der Waals surface area contributed by atoms with E-state index in [0.29, 0.717) is 0 Å². The Hall–Kier alpha value is -1.36. The normalized spacial score (nSPS) is 25.8. The maximum Gasteiger partial charge on any atom is 0.224 e. The molecule has 5 heteroatoms. The average Bonchev–Trinajstić information content (AvgIpc) is 2.88. The number of carbonyl (C=O) groups is 1. The standard InChI is InChI=1S/C12H20N4O/c1-9(7-16-6-5-13-8-16)15-12(17)11-3-4-14-10(11)2/h5-6,8-11,14H,3-4,7H2,1-2H3,(H,15,17). The van der Waals surface area contributed by atoms with E-state index in [4.69, 9.17) is 0 Å². The first-order valence-corrected chi connectivity index (χ1v) is 6.16. The van der Waals surface area contributed by atoms with Gasteiger partial charge in [0.1, 0.15) is 0 Å². The molecule has 2 rings (SSSR count). The molecule has 1 aliphatic heterocycles. The van der Waals surface area contributed by atoms with E-state index < -0.39 is 0 Å². The molecule has 1 fully saturated rings. The van der Waals surface area contributed by atoms with Crippen LogP contribution in [0, 0.1) is 5.92 Å². The van der Waals surface area contributed by atoms with Crippen LogP contribution in [0.3, 0.4) is 0 Å². The molecule has 5 nitrogen and oxygen atoms in total. The van der Waals surface area contributed by atoms with Crippen molar-refractivity contribution in [3.8, 4) is 0 Å². The zero-order chi connectivity index (χ0) is 12.3. The van der Waals surface area contributed by atoms with Gasteiger partial charge in [-0.1, -0.05) is 0 Å². The van der Waals surface area contributed by atoms with Gasteiger partial charge in [-0.2, -0.15) is 0 Å². The minimum atomic E-state index is 0.111. The molecular formula is C12H20N4O. The predicted molar refractivity (Wildman–Crippen MR) is 65.4 cm³/mol. The van der Waals surface area contributed by atoms with E-state index in [9.17, 15) is 4.79 Å². The first-order chi connectivity index (χ1) is 8.16. The Balaban J connectivity index is 1.82. The van der Waals surface area contributed by atoms with Crippen molar-refractivity contribution in [3.63, 3.8) is 0 Å². The largest absolute Gasteiger partial charge is 0.352 e. The molecule has 1 aromatic heterocycles. The molecular weight excluding hydrogens is 216 g/mol. The van der Waals surface area contributed by atoms with Crippen LogP contribution in [0.2, 0.25) is 0 Å². The molecule has 0 saturated carbocycles. The maximum absolute atomic E-state index is 12.0. The number of hydrogen-bond donors (Lipinski definition) is 2. The second-order valence-corrected chi connectivity index (χ2v) is 4.81. The predicted octanol–water partition coefficient (Wildman–Crippen LogP) is 0.386.